The molecule has 0 fully saturated rings. The Balaban J connectivity index is 2.69. The molecule has 1 aromatic carbocycles. The SMILES string of the molecule is CC(C)CCN(CCC(C)C)c1ccc(CO)cc1. The molecule has 0 aliphatic rings. The van der Waals surface area contributed by atoms with E-state index in [0.29, 0.717) is 0 Å². The molecule has 0 amide bonds. The first-order chi connectivity index (χ1) is 9.02. The van der Waals surface area contributed by atoms with E-state index >= 15 is 0 Å². The van der Waals surface area contributed by atoms with Crippen molar-refractivity contribution >= 4 is 5.69 Å². The van der Waals surface area contributed by atoms with Crippen LogP contribution in [0.2, 0.25) is 0 Å². The van der Waals surface area contributed by atoms with Gasteiger partial charge in [0.2, 0.25) is 0 Å². The van der Waals surface area contributed by atoms with Crippen molar-refractivity contribution in [3.05, 3.63) is 29.8 Å². The molecule has 1 aromatic rings. The first-order valence-electron chi connectivity index (χ1n) is 7.47. The van der Waals surface area contributed by atoms with E-state index in [1.54, 1.807) is 0 Å². The van der Waals surface area contributed by atoms with Crippen LogP contribution in [-0.4, -0.2) is 18.2 Å². The van der Waals surface area contributed by atoms with Crippen LogP contribution in [0, 0.1) is 11.8 Å². The Bertz CT molecular complexity index is 331. The van der Waals surface area contributed by atoms with Gasteiger partial charge in [-0.15, -0.1) is 0 Å². The number of aliphatic hydroxyl groups is 1. The Morgan fingerprint density at radius 2 is 1.37 bits per heavy atom. The van der Waals surface area contributed by atoms with Gasteiger partial charge in [0.25, 0.3) is 0 Å². The Labute approximate surface area is 118 Å². The fourth-order valence-electron chi connectivity index (χ4n) is 2.01. The van der Waals surface area contributed by atoms with Gasteiger partial charge in [-0.05, 0) is 42.4 Å². The zero-order chi connectivity index (χ0) is 14.3. The molecule has 2 nitrogen and oxygen atoms in total. The Morgan fingerprint density at radius 1 is 0.895 bits per heavy atom. The van der Waals surface area contributed by atoms with Crippen molar-refractivity contribution in [2.75, 3.05) is 18.0 Å². The van der Waals surface area contributed by atoms with E-state index in [9.17, 15) is 0 Å². The van der Waals surface area contributed by atoms with Crippen molar-refractivity contribution in [3.63, 3.8) is 0 Å². The molecular weight excluding hydrogens is 234 g/mol. The van der Waals surface area contributed by atoms with E-state index < -0.39 is 0 Å². The Hall–Kier alpha value is -1.02. The lowest BCUT2D eigenvalue weighted by molar-refractivity contribution is 0.282. The fraction of sp³-hybridized carbons (Fsp3) is 0.647. The minimum atomic E-state index is 0.123. The van der Waals surface area contributed by atoms with E-state index in [2.05, 4.69) is 44.7 Å². The van der Waals surface area contributed by atoms with Crippen LogP contribution < -0.4 is 4.90 Å². The van der Waals surface area contributed by atoms with Crippen molar-refractivity contribution in [2.24, 2.45) is 11.8 Å². The number of hydrogen-bond acceptors (Lipinski definition) is 2. The van der Waals surface area contributed by atoms with Gasteiger partial charge in [0, 0.05) is 18.8 Å². The number of hydrogen-bond donors (Lipinski definition) is 1. The Kier molecular flexibility index (Phi) is 6.93. The van der Waals surface area contributed by atoms with Gasteiger partial charge in [-0.1, -0.05) is 39.8 Å². The van der Waals surface area contributed by atoms with E-state index in [1.165, 1.54) is 18.5 Å². The molecule has 108 valence electrons. The summed E-state index contributed by atoms with van der Waals surface area (Å²) in [5.74, 6) is 1.47. The van der Waals surface area contributed by atoms with Crippen molar-refractivity contribution in [1.29, 1.82) is 0 Å². The quantitative estimate of drug-likeness (QED) is 0.764. The molecule has 0 unspecified atom stereocenters. The van der Waals surface area contributed by atoms with Crippen molar-refractivity contribution in [2.45, 2.75) is 47.1 Å². The summed E-state index contributed by atoms with van der Waals surface area (Å²) in [7, 11) is 0. The summed E-state index contributed by atoms with van der Waals surface area (Å²) in [5, 5.41) is 9.11. The van der Waals surface area contributed by atoms with E-state index in [0.717, 1.165) is 30.5 Å². The summed E-state index contributed by atoms with van der Waals surface area (Å²) >= 11 is 0. The number of nitrogens with zero attached hydrogens (tertiary/aromatic N) is 1. The molecular formula is C17H29NO. The van der Waals surface area contributed by atoms with Crippen LogP contribution in [0.25, 0.3) is 0 Å². The van der Waals surface area contributed by atoms with Crippen LogP contribution in [0.15, 0.2) is 24.3 Å². The average molecular weight is 263 g/mol. The number of benzene rings is 1. The topological polar surface area (TPSA) is 23.5 Å². The lowest BCUT2D eigenvalue weighted by Gasteiger charge is -2.26. The molecule has 0 aliphatic carbocycles. The maximum atomic E-state index is 9.11. The van der Waals surface area contributed by atoms with Crippen LogP contribution in [-0.2, 0) is 6.61 Å². The van der Waals surface area contributed by atoms with Crippen molar-refractivity contribution < 1.29 is 5.11 Å². The first-order valence-corrected chi connectivity index (χ1v) is 7.47. The number of anilines is 1. The molecule has 0 atom stereocenters. The van der Waals surface area contributed by atoms with E-state index in [1.807, 2.05) is 12.1 Å². The molecule has 0 bridgehead atoms. The van der Waals surface area contributed by atoms with Gasteiger partial charge in [0.15, 0.2) is 0 Å². The third-order valence-corrected chi connectivity index (χ3v) is 3.44. The van der Waals surface area contributed by atoms with Gasteiger partial charge in [-0.3, -0.25) is 0 Å². The zero-order valence-electron chi connectivity index (χ0n) is 12.9. The normalized spacial score (nSPS) is 11.3. The highest BCUT2D eigenvalue weighted by atomic mass is 16.3. The molecule has 0 aliphatic heterocycles. The number of aliphatic hydroxyl groups excluding tert-OH is 1. The summed E-state index contributed by atoms with van der Waals surface area (Å²) in [6.07, 6.45) is 2.44. The monoisotopic (exact) mass is 263 g/mol. The third kappa shape index (κ3) is 6.11. The minimum absolute atomic E-state index is 0.123. The first kappa shape index (κ1) is 16.0. The third-order valence-electron chi connectivity index (χ3n) is 3.44. The highest BCUT2D eigenvalue weighted by Gasteiger charge is 2.08. The van der Waals surface area contributed by atoms with Crippen LogP contribution in [0.5, 0.6) is 0 Å². The van der Waals surface area contributed by atoms with Gasteiger partial charge in [-0.25, -0.2) is 0 Å². The van der Waals surface area contributed by atoms with Crippen molar-refractivity contribution in [3.8, 4) is 0 Å². The molecule has 2 heteroatoms. The van der Waals surface area contributed by atoms with Gasteiger partial charge >= 0.3 is 0 Å². The fourth-order valence-corrected chi connectivity index (χ4v) is 2.01. The standard InChI is InChI=1S/C17H29NO/c1-14(2)9-11-18(12-10-15(3)4)17-7-5-16(13-19)6-8-17/h5-8,14-15,19H,9-13H2,1-4H3. The van der Waals surface area contributed by atoms with E-state index in [4.69, 9.17) is 5.11 Å². The molecule has 0 aromatic heterocycles. The second-order valence-corrected chi connectivity index (χ2v) is 6.18. The molecule has 19 heavy (non-hydrogen) atoms. The van der Waals surface area contributed by atoms with Crippen LogP contribution >= 0.6 is 0 Å². The van der Waals surface area contributed by atoms with Gasteiger partial charge < -0.3 is 10.0 Å². The predicted octanol–water partition coefficient (Wildman–Crippen LogP) is 4.08. The molecule has 0 radical (unpaired) electrons. The highest BCUT2D eigenvalue weighted by molar-refractivity contribution is 5.47. The lowest BCUT2D eigenvalue weighted by atomic mass is 10.1. The summed E-state index contributed by atoms with van der Waals surface area (Å²) in [6.45, 7) is 11.4. The summed E-state index contributed by atoms with van der Waals surface area (Å²) in [5.41, 5.74) is 2.26. The molecule has 0 saturated heterocycles. The van der Waals surface area contributed by atoms with Crippen LogP contribution in [0.1, 0.15) is 46.1 Å². The average Bonchev–Trinajstić information content (AvgIpc) is 2.38. The lowest BCUT2D eigenvalue weighted by Crippen LogP contribution is -2.27. The van der Waals surface area contributed by atoms with Gasteiger partial charge in [0.05, 0.1) is 6.61 Å². The maximum absolute atomic E-state index is 9.11. The van der Waals surface area contributed by atoms with E-state index in [-0.39, 0.29) is 6.61 Å². The largest absolute Gasteiger partial charge is 0.392 e. The zero-order valence-corrected chi connectivity index (χ0v) is 12.9. The summed E-state index contributed by atoms with van der Waals surface area (Å²) < 4.78 is 0. The van der Waals surface area contributed by atoms with Crippen LogP contribution in [0.4, 0.5) is 5.69 Å². The van der Waals surface area contributed by atoms with Crippen LogP contribution in [0.3, 0.4) is 0 Å². The second-order valence-electron chi connectivity index (χ2n) is 6.18. The molecule has 1 N–H and O–H groups in total. The molecule has 0 heterocycles. The second kappa shape index (κ2) is 8.21. The van der Waals surface area contributed by atoms with Gasteiger partial charge in [-0.2, -0.15) is 0 Å². The molecule has 0 saturated carbocycles. The number of rotatable bonds is 8. The molecule has 0 spiro atoms. The Morgan fingerprint density at radius 3 is 1.74 bits per heavy atom. The van der Waals surface area contributed by atoms with Gasteiger partial charge in [0.1, 0.15) is 0 Å². The minimum Gasteiger partial charge on any atom is -0.392 e. The van der Waals surface area contributed by atoms with Crippen molar-refractivity contribution in [1.82, 2.24) is 0 Å². The predicted molar refractivity (Wildman–Crippen MR) is 83.5 cm³/mol. The smallest absolute Gasteiger partial charge is 0.0681 e. The maximum Gasteiger partial charge on any atom is 0.0681 e. The summed E-state index contributed by atoms with van der Waals surface area (Å²) in [6, 6.07) is 8.30. The highest BCUT2D eigenvalue weighted by Crippen LogP contribution is 2.18. The summed E-state index contributed by atoms with van der Waals surface area (Å²) in [4.78, 5) is 2.47. The molecule has 1 rings (SSSR count).